The molecule has 0 saturated carbocycles. The van der Waals surface area contributed by atoms with E-state index in [1.54, 1.807) is 0 Å². The molecule has 0 unspecified atom stereocenters. The molecule has 200 valence electrons. The molecule has 1 aromatic carbocycles. The average molecular weight is 552 g/mol. The molecule has 11 nitrogen and oxygen atoms in total. The molecule has 1 saturated heterocycles. The number of rotatable bonds is 7. The number of carbonyl (C=O) groups excluding carboxylic acids is 2. The predicted octanol–water partition coefficient (Wildman–Crippen LogP) is 1.84. The van der Waals surface area contributed by atoms with Crippen molar-refractivity contribution in [1.82, 2.24) is 30.5 Å². The highest BCUT2D eigenvalue weighted by Crippen LogP contribution is 2.21. The van der Waals surface area contributed by atoms with Crippen molar-refractivity contribution in [3.8, 4) is 0 Å². The van der Waals surface area contributed by atoms with Gasteiger partial charge in [-0.1, -0.05) is 17.7 Å². The number of nitrogens with one attached hydrogen (secondary N) is 3. The fourth-order valence-corrected chi connectivity index (χ4v) is 4.72. The number of nitrogens with two attached hydrogens (primary N) is 2. The van der Waals surface area contributed by atoms with Crippen LogP contribution < -0.4 is 32.0 Å². The van der Waals surface area contributed by atoms with E-state index in [0.29, 0.717) is 18.7 Å². The van der Waals surface area contributed by atoms with E-state index in [4.69, 9.17) is 23.1 Å². The van der Waals surface area contributed by atoms with Crippen molar-refractivity contribution < 1.29 is 14.2 Å². The smallest absolute Gasteiger partial charge is 0.277 e. The normalized spacial score (nSPS) is 13.6. The third-order valence-electron chi connectivity index (χ3n) is 6.28. The van der Waals surface area contributed by atoms with Crippen LogP contribution in [0.4, 0.5) is 11.6 Å². The van der Waals surface area contributed by atoms with E-state index in [0.717, 1.165) is 42.8 Å². The van der Waals surface area contributed by atoms with E-state index in [2.05, 4.69) is 46.7 Å². The first-order valence-electron chi connectivity index (χ1n) is 12.2. The molecule has 1 fully saturated rings. The molecule has 4 rings (SSSR count). The second-order valence-electron chi connectivity index (χ2n) is 8.39. The monoisotopic (exact) mass is 550 g/mol. The molecule has 0 spiro atoms. The number of fused-ring (bicyclic) bond motifs is 1. The molecular weight excluding hydrogens is 517 g/mol. The maximum atomic E-state index is 13.3. The molecule has 0 atom stereocenters. The van der Waals surface area contributed by atoms with Crippen molar-refractivity contribution in [2.24, 2.45) is 0 Å². The highest BCUT2D eigenvalue weighted by molar-refractivity contribution is 6.31. The molecule has 37 heavy (non-hydrogen) atoms. The molecular formula is C24H34Cl2N9O2+. The van der Waals surface area contributed by atoms with E-state index in [9.17, 15) is 9.59 Å². The van der Waals surface area contributed by atoms with Crippen molar-refractivity contribution in [2.75, 3.05) is 30.9 Å². The van der Waals surface area contributed by atoms with E-state index in [-0.39, 0.29) is 41.0 Å². The van der Waals surface area contributed by atoms with Crippen LogP contribution in [0, 0.1) is 0 Å². The second kappa shape index (κ2) is 12.9. The van der Waals surface area contributed by atoms with Gasteiger partial charge in [-0.2, -0.15) is 0 Å². The van der Waals surface area contributed by atoms with Gasteiger partial charge in [-0.3, -0.25) is 9.59 Å². The van der Waals surface area contributed by atoms with Crippen LogP contribution in [0.25, 0.3) is 11.0 Å². The number of nitrogens with zero attached hydrogens (tertiary/aromatic N) is 4. The van der Waals surface area contributed by atoms with Gasteiger partial charge >= 0.3 is 0 Å². The summed E-state index contributed by atoms with van der Waals surface area (Å²) in [6.07, 6.45) is 3.29. The Kier molecular flexibility index (Phi) is 9.90. The number of imidazole rings is 1. The zero-order valence-corrected chi connectivity index (χ0v) is 22.8. The Labute approximate surface area is 225 Å². The summed E-state index contributed by atoms with van der Waals surface area (Å²) in [5.74, 6) is 0.101. The number of carbonyl (C=O) groups is 2. The highest BCUT2D eigenvalue weighted by Gasteiger charge is 2.29. The number of aryl methyl sites for hydroxylation is 2. The Bertz CT molecular complexity index is 1270. The Hall–Kier alpha value is -3.15. The van der Waals surface area contributed by atoms with Crippen LogP contribution in [-0.4, -0.2) is 51.9 Å². The molecule has 1 aliphatic heterocycles. The summed E-state index contributed by atoms with van der Waals surface area (Å²) in [4.78, 5) is 34.0. The lowest BCUT2D eigenvalue weighted by Crippen LogP contribution is -2.44. The van der Waals surface area contributed by atoms with Gasteiger partial charge in [-0.25, -0.2) is 19.1 Å². The summed E-state index contributed by atoms with van der Waals surface area (Å²) in [5.41, 5.74) is 13.7. The fourth-order valence-electron chi connectivity index (χ4n) is 4.60. The summed E-state index contributed by atoms with van der Waals surface area (Å²) < 4.78 is 4.15. The standard InChI is InChI=1S/C23H30ClN9O2.CH3Cl/c1-3-32-15-7-5-6-14(22(34)29-13-8-10-27-11-9-13)18(15)33(4-2)16(32)12-28-23(35)17-20(25)31-21(26)19(24)30-17;1-2/h5-7,13,27H,3-4,8-12H2,1-2H3,(H5-,25,26,28,29,31,34,35);1H3/p+1. The van der Waals surface area contributed by atoms with Gasteiger partial charge in [-0.05, 0) is 51.9 Å². The number of aromatic nitrogens is 4. The second-order valence-corrected chi connectivity index (χ2v) is 8.75. The average Bonchev–Trinajstić information content (AvgIpc) is 3.23. The van der Waals surface area contributed by atoms with Crippen LogP contribution in [0.3, 0.4) is 0 Å². The quantitative estimate of drug-likeness (QED) is 0.222. The minimum absolute atomic E-state index is 0.0362. The van der Waals surface area contributed by atoms with Gasteiger partial charge in [0.2, 0.25) is 0 Å². The van der Waals surface area contributed by atoms with Crippen molar-refractivity contribution in [1.29, 1.82) is 0 Å². The first-order valence-corrected chi connectivity index (χ1v) is 13.3. The molecule has 2 aromatic heterocycles. The van der Waals surface area contributed by atoms with Crippen molar-refractivity contribution in [3.05, 3.63) is 40.4 Å². The zero-order chi connectivity index (χ0) is 27.1. The van der Waals surface area contributed by atoms with Gasteiger partial charge < -0.3 is 27.4 Å². The molecule has 1 aliphatic rings. The predicted molar refractivity (Wildman–Crippen MR) is 146 cm³/mol. The number of nitrogen functional groups attached to an aromatic ring is 2. The number of alkyl halides is 1. The number of piperidine rings is 1. The minimum Gasteiger partial charge on any atom is -0.382 e. The number of hydrogen-bond donors (Lipinski definition) is 5. The first-order chi connectivity index (χ1) is 17.8. The Balaban J connectivity index is 0.00000186. The Morgan fingerprint density at radius 3 is 2.49 bits per heavy atom. The fraction of sp³-hybridized carbons (Fsp3) is 0.458. The van der Waals surface area contributed by atoms with Gasteiger partial charge in [0.25, 0.3) is 17.6 Å². The molecule has 3 aromatic rings. The van der Waals surface area contributed by atoms with Crippen LogP contribution in [0.5, 0.6) is 0 Å². The zero-order valence-electron chi connectivity index (χ0n) is 21.3. The topological polar surface area (TPSA) is 157 Å². The van der Waals surface area contributed by atoms with Crippen LogP contribution in [0.2, 0.25) is 5.15 Å². The maximum absolute atomic E-state index is 13.3. The first kappa shape index (κ1) is 28.4. The summed E-state index contributed by atoms with van der Waals surface area (Å²) in [5, 5.41) is 9.28. The van der Waals surface area contributed by atoms with Gasteiger partial charge in [0.05, 0.1) is 18.7 Å². The highest BCUT2D eigenvalue weighted by atomic mass is 35.5. The van der Waals surface area contributed by atoms with Crippen LogP contribution >= 0.6 is 23.2 Å². The molecule has 2 amide bonds. The van der Waals surface area contributed by atoms with Crippen molar-refractivity contribution in [2.45, 2.75) is 52.4 Å². The third-order valence-corrected chi connectivity index (χ3v) is 6.56. The van der Waals surface area contributed by atoms with E-state index in [1.807, 2.05) is 32.0 Å². The molecule has 0 radical (unpaired) electrons. The summed E-state index contributed by atoms with van der Waals surface area (Å²) in [7, 11) is 0. The number of hydrogen-bond acceptors (Lipinski definition) is 7. The Morgan fingerprint density at radius 1 is 1.14 bits per heavy atom. The molecule has 7 N–H and O–H groups in total. The summed E-state index contributed by atoms with van der Waals surface area (Å²) >= 11 is 10.6. The maximum Gasteiger partial charge on any atom is 0.277 e. The summed E-state index contributed by atoms with van der Waals surface area (Å²) in [6, 6.07) is 5.88. The SMILES string of the molecule is CCl.CCn1c(CNC(=O)c2nc(Cl)c(N)nc2N)[n+](CC)c2c(C(=O)NC3CCNCC3)cccc21. The lowest BCUT2D eigenvalue weighted by Gasteiger charge is -2.23. The van der Waals surface area contributed by atoms with Crippen molar-refractivity contribution in [3.63, 3.8) is 0 Å². The largest absolute Gasteiger partial charge is 0.382 e. The molecule has 0 bridgehead atoms. The number of amides is 2. The van der Waals surface area contributed by atoms with Gasteiger partial charge in [0, 0.05) is 12.4 Å². The lowest BCUT2D eigenvalue weighted by atomic mass is 10.1. The van der Waals surface area contributed by atoms with Gasteiger partial charge in [0.1, 0.15) is 6.54 Å². The molecule has 0 aliphatic carbocycles. The van der Waals surface area contributed by atoms with Crippen LogP contribution in [-0.2, 0) is 19.6 Å². The molecule has 13 heteroatoms. The number of anilines is 2. The number of halogens is 2. The lowest BCUT2D eigenvalue weighted by molar-refractivity contribution is -0.676. The Morgan fingerprint density at radius 2 is 1.84 bits per heavy atom. The number of benzene rings is 1. The van der Waals surface area contributed by atoms with Crippen LogP contribution in [0.1, 0.15) is 53.4 Å². The molecule has 3 heterocycles. The minimum atomic E-state index is -0.517. The number of para-hydroxylation sites is 1. The van der Waals surface area contributed by atoms with E-state index >= 15 is 0 Å². The van der Waals surface area contributed by atoms with Crippen molar-refractivity contribution >= 4 is 57.7 Å². The van der Waals surface area contributed by atoms with E-state index < -0.39 is 5.91 Å². The van der Waals surface area contributed by atoms with Crippen LogP contribution in [0.15, 0.2) is 18.2 Å². The summed E-state index contributed by atoms with van der Waals surface area (Å²) in [6.45, 7) is 7.28. The van der Waals surface area contributed by atoms with Gasteiger partial charge in [0.15, 0.2) is 33.5 Å². The van der Waals surface area contributed by atoms with E-state index in [1.165, 1.54) is 6.38 Å². The van der Waals surface area contributed by atoms with Gasteiger partial charge in [-0.15, -0.1) is 11.6 Å². The third kappa shape index (κ3) is 6.06.